The summed E-state index contributed by atoms with van der Waals surface area (Å²) in [6.07, 6.45) is 7.99. The summed E-state index contributed by atoms with van der Waals surface area (Å²) in [5, 5.41) is 6.70. The molecule has 2 fully saturated rings. The number of benzene rings is 2. The predicted octanol–water partition coefficient (Wildman–Crippen LogP) is 4.98. The number of nitrogens with one attached hydrogen (secondary N) is 2. The third kappa shape index (κ3) is 6.87. The van der Waals surface area contributed by atoms with Crippen LogP contribution < -0.4 is 10.6 Å². The quantitative estimate of drug-likeness (QED) is 0.523. The lowest BCUT2D eigenvalue weighted by Crippen LogP contribution is -2.51. The van der Waals surface area contributed by atoms with Crippen LogP contribution in [-0.4, -0.2) is 55.9 Å². The van der Waals surface area contributed by atoms with Crippen LogP contribution in [0.2, 0.25) is 0 Å². The van der Waals surface area contributed by atoms with Crippen LogP contribution in [0.25, 0.3) is 0 Å². The Kier molecular flexibility index (Phi) is 9.04. The second-order valence-electron chi connectivity index (χ2n) is 10.3. The number of hydrogen-bond acceptors (Lipinski definition) is 4. The molecular formula is C28H40N4O3S. The number of carbonyl (C=O) groups is 1. The van der Waals surface area contributed by atoms with Gasteiger partial charge in [-0.1, -0.05) is 68.0 Å². The van der Waals surface area contributed by atoms with Crippen molar-refractivity contribution >= 4 is 21.7 Å². The molecule has 1 saturated heterocycles. The van der Waals surface area contributed by atoms with Gasteiger partial charge in [-0.25, -0.2) is 13.2 Å². The van der Waals surface area contributed by atoms with Crippen molar-refractivity contribution in [2.75, 3.05) is 31.5 Å². The van der Waals surface area contributed by atoms with Crippen molar-refractivity contribution in [3.8, 4) is 0 Å². The number of urea groups is 1. The molecule has 1 aliphatic heterocycles. The Morgan fingerprint density at radius 1 is 0.972 bits per heavy atom. The Morgan fingerprint density at radius 2 is 1.64 bits per heavy atom. The highest BCUT2D eigenvalue weighted by molar-refractivity contribution is 7.89. The number of anilines is 1. The molecule has 2 N–H and O–H groups in total. The van der Waals surface area contributed by atoms with Crippen LogP contribution in [0.5, 0.6) is 0 Å². The lowest BCUT2D eigenvalue weighted by atomic mass is 9.85. The minimum absolute atomic E-state index is 0.190. The maximum Gasteiger partial charge on any atom is 0.321 e. The number of rotatable bonds is 8. The second-order valence-corrected chi connectivity index (χ2v) is 12.3. The van der Waals surface area contributed by atoms with Gasteiger partial charge in [-0.15, -0.1) is 0 Å². The Hall–Kier alpha value is -2.42. The van der Waals surface area contributed by atoms with Crippen LogP contribution in [-0.2, 0) is 16.6 Å². The summed E-state index contributed by atoms with van der Waals surface area (Å²) >= 11 is 0. The van der Waals surface area contributed by atoms with Crippen molar-refractivity contribution < 1.29 is 13.2 Å². The number of sulfonamides is 1. The van der Waals surface area contributed by atoms with E-state index in [9.17, 15) is 13.2 Å². The van der Waals surface area contributed by atoms with E-state index in [0.717, 1.165) is 22.7 Å². The van der Waals surface area contributed by atoms with Gasteiger partial charge in [0.2, 0.25) is 10.0 Å². The van der Waals surface area contributed by atoms with E-state index < -0.39 is 10.0 Å². The van der Waals surface area contributed by atoms with Crippen LogP contribution in [0.3, 0.4) is 0 Å². The summed E-state index contributed by atoms with van der Waals surface area (Å²) in [6, 6.07) is 15.0. The maximum atomic E-state index is 13.0. The molecule has 0 radical (unpaired) electrons. The largest absolute Gasteiger partial charge is 0.322 e. The highest BCUT2D eigenvalue weighted by Gasteiger charge is 2.30. The van der Waals surface area contributed by atoms with Gasteiger partial charge in [0, 0.05) is 44.5 Å². The van der Waals surface area contributed by atoms with E-state index in [1.165, 1.54) is 42.8 Å². The third-order valence-electron chi connectivity index (χ3n) is 7.50. The van der Waals surface area contributed by atoms with Gasteiger partial charge < -0.3 is 15.5 Å². The van der Waals surface area contributed by atoms with Crippen molar-refractivity contribution in [1.29, 1.82) is 0 Å². The predicted molar refractivity (Wildman–Crippen MR) is 144 cm³/mol. The number of carbonyl (C=O) groups excluding carboxylic acids is 1. The molecule has 36 heavy (non-hydrogen) atoms. The Morgan fingerprint density at radius 3 is 2.33 bits per heavy atom. The molecule has 1 aliphatic carbocycles. The SMILES string of the molecule is Cc1ccc(S(=O)(=O)N2CCN(C(=O)Nc3ccccc3CNC(C)CC3CCCCC3)CC2)cc1. The molecule has 196 valence electrons. The zero-order chi connectivity index (χ0) is 25.5. The molecular weight excluding hydrogens is 472 g/mol. The van der Waals surface area contributed by atoms with Gasteiger partial charge in [0.1, 0.15) is 0 Å². The van der Waals surface area contributed by atoms with Crippen LogP contribution in [0.4, 0.5) is 10.5 Å². The van der Waals surface area contributed by atoms with E-state index in [1.807, 2.05) is 31.2 Å². The van der Waals surface area contributed by atoms with E-state index in [2.05, 4.69) is 17.6 Å². The molecule has 0 spiro atoms. The molecule has 4 rings (SSSR count). The molecule has 1 heterocycles. The monoisotopic (exact) mass is 512 g/mol. The van der Waals surface area contributed by atoms with Crippen LogP contribution in [0.15, 0.2) is 53.4 Å². The number of nitrogens with zero attached hydrogens (tertiary/aromatic N) is 2. The van der Waals surface area contributed by atoms with Gasteiger partial charge >= 0.3 is 6.03 Å². The molecule has 2 aromatic carbocycles. The van der Waals surface area contributed by atoms with E-state index in [4.69, 9.17) is 0 Å². The van der Waals surface area contributed by atoms with Crippen molar-refractivity contribution in [2.45, 2.75) is 69.9 Å². The van der Waals surface area contributed by atoms with Crippen LogP contribution >= 0.6 is 0 Å². The third-order valence-corrected chi connectivity index (χ3v) is 9.41. The van der Waals surface area contributed by atoms with Crippen molar-refractivity contribution in [3.63, 3.8) is 0 Å². The summed E-state index contributed by atoms with van der Waals surface area (Å²) in [5.74, 6) is 0.824. The molecule has 1 atom stereocenters. The van der Waals surface area contributed by atoms with Gasteiger partial charge in [-0.2, -0.15) is 4.31 Å². The lowest BCUT2D eigenvalue weighted by molar-refractivity contribution is 0.184. The molecule has 8 heteroatoms. The van der Waals surface area contributed by atoms with Gasteiger partial charge in [0.15, 0.2) is 0 Å². The van der Waals surface area contributed by atoms with E-state index in [-0.39, 0.29) is 19.1 Å². The second kappa shape index (κ2) is 12.2. The van der Waals surface area contributed by atoms with Crippen molar-refractivity contribution in [1.82, 2.24) is 14.5 Å². The van der Waals surface area contributed by atoms with Crippen LogP contribution in [0, 0.1) is 12.8 Å². The fourth-order valence-corrected chi connectivity index (χ4v) is 6.69. The number of hydrogen-bond donors (Lipinski definition) is 2. The number of amides is 2. The average molecular weight is 513 g/mol. The molecule has 0 bridgehead atoms. The summed E-state index contributed by atoms with van der Waals surface area (Å²) in [7, 11) is -3.55. The smallest absolute Gasteiger partial charge is 0.321 e. The maximum absolute atomic E-state index is 13.0. The minimum Gasteiger partial charge on any atom is -0.322 e. The first-order valence-corrected chi connectivity index (χ1v) is 14.7. The molecule has 2 aliphatic rings. The standard InChI is InChI=1S/C28H40N4O3S/c1-22-12-14-26(15-13-22)36(34,35)32-18-16-31(17-19-32)28(33)30-27-11-7-6-10-25(27)21-29-23(2)20-24-8-4-3-5-9-24/h6-7,10-15,23-24,29H,3-5,8-9,16-21H2,1-2H3,(H,30,33). The highest BCUT2D eigenvalue weighted by atomic mass is 32.2. The van der Waals surface area contributed by atoms with Gasteiger partial charge in [-0.05, 0) is 49.9 Å². The molecule has 0 aromatic heterocycles. The van der Waals surface area contributed by atoms with E-state index in [0.29, 0.717) is 30.6 Å². The Balaban J connectivity index is 1.29. The summed E-state index contributed by atoms with van der Waals surface area (Å²) in [5.41, 5.74) is 2.88. The first-order chi connectivity index (χ1) is 17.3. The lowest BCUT2D eigenvalue weighted by Gasteiger charge is -2.34. The number of aryl methyl sites for hydroxylation is 1. The highest BCUT2D eigenvalue weighted by Crippen LogP contribution is 2.27. The van der Waals surface area contributed by atoms with Crippen LogP contribution in [0.1, 0.15) is 56.6 Å². The molecule has 1 saturated carbocycles. The van der Waals surface area contributed by atoms with Gasteiger partial charge in [-0.3, -0.25) is 0 Å². The molecule has 2 aromatic rings. The molecule has 2 amide bonds. The molecule has 1 unspecified atom stereocenters. The Bertz CT molecular complexity index is 1110. The summed E-state index contributed by atoms with van der Waals surface area (Å²) in [6.45, 7) is 6.16. The minimum atomic E-state index is -3.55. The van der Waals surface area contributed by atoms with Crippen molar-refractivity contribution in [2.24, 2.45) is 5.92 Å². The first-order valence-electron chi connectivity index (χ1n) is 13.3. The topological polar surface area (TPSA) is 81.8 Å². The number of para-hydroxylation sites is 1. The zero-order valence-electron chi connectivity index (χ0n) is 21.6. The average Bonchev–Trinajstić information content (AvgIpc) is 2.89. The van der Waals surface area contributed by atoms with Gasteiger partial charge in [0.05, 0.1) is 4.90 Å². The fourth-order valence-electron chi connectivity index (χ4n) is 5.27. The van der Waals surface area contributed by atoms with Gasteiger partial charge in [0.25, 0.3) is 0 Å². The molecule has 7 nitrogen and oxygen atoms in total. The summed E-state index contributed by atoms with van der Waals surface area (Å²) in [4.78, 5) is 15.0. The fraction of sp³-hybridized carbons (Fsp3) is 0.536. The first kappa shape index (κ1) is 26.6. The van der Waals surface area contributed by atoms with E-state index >= 15 is 0 Å². The zero-order valence-corrected chi connectivity index (χ0v) is 22.4. The normalized spacial score (nSPS) is 18.7. The Labute approximate surface area is 216 Å². The van der Waals surface area contributed by atoms with Crippen molar-refractivity contribution in [3.05, 3.63) is 59.7 Å². The van der Waals surface area contributed by atoms with E-state index in [1.54, 1.807) is 29.2 Å². The summed E-state index contributed by atoms with van der Waals surface area (Å²) < 4.78 is 27.4. The number of piperazine rings is 1.